The highest BCUT2D eigenvalue weighted by molar-refractivity contribution is 15.0. The maximum atomic E-state index is 11.6. The highest BCUT2D eigenvalue weighted by Gasteiger charge is 2.41. The summed E-state index contributed by atoms with van der Waals surface area (Å²) in [4.78, 5) is 23.1. The second-order valence-corrected chi connectivity index (χ2v) is 19.9. The molecule has 0 aromatic rings. The summed E-state index contributed by atoms with van der Waals surface area (Å²) in [7, 11) is -6.99. The molecule has 27 heavy (non-hydrogen) atoms. The molecular formula is C16H32I2O6Si3. The van der Waals surface area contributed by atoms with E-state index in [0.717, 1.165) is 0 Å². The molecule has 0 atom stereocenters. The van der Waals surface area contributed by atoms with Crippen LogP contribution in [0.2, 0.25) is 39.3 Å². The Kier molecular flexibility index (Phi) is 14.2. The molecule has 0 aromatic heterocycles. The molecule has 0 aromatic carbocycles. The first-order valence-corrected chi connectivity index (χ1v) is 23.6. The Labute approximate surface area is 190 Å². The minimum Gasteiger partial charge on any atom is -0.463 e. The van der Waals surface area contributed by atoms with Crippen molar-refractivity contribution in [3.8, 4) is 0 Å². The summed E-state index contributed by atoms with van der Waals surface area (Å²) in [5.41, 5.74) is 0.732. The van der Waals surface area contributed by atoms with Crippen LogP contribution in [0.5, 0.6) is 0 Å². The molecule has 0 amide bonds. The Hall–Kier alpha value is 0.451. The molecule has 6 nitrogen and oxygen atoms in total. The van der Waals surface area contributed by atoms with Gasteiger partial charge in [0, 0.05) is 48.4 Å². The zero-order valence-electron chi connectivity index (χ0n) is 17.5. The Morgan fingerprint density at radius 1 is 0.741 bits per heavy atom. The lowest BCUT2D eigenvalue weighted by molar-refractivity contribution is -0.138. The van der Waals surface area contributed by atoms with Crippen molar-refractivity contribution >= 4 is 74.4 Å². The van der Waals surface area contributed by atoms with Crippen molar-refractivity contribution in [2.45, 2.75) is 53.1 Å². The molecule has 158 valence electrons. The van der Waals surface area contributed by atoms with Gasteiger partial charge in [-0.1, -0.05) is 13.2 Å². The van der Waals surface area contributed by atoms with E-state index in [2.05, 4.69) is 50.4 Å². The summed E-state index contributed by atoms with van der Waals surface area (Å²) < 4.78 is 23.0. The smallest absolute Gasteiger partial charge is 0.332 e. The number of rotatable bonds is 10. The third kappa shape index (κ3) is 15.0. The van der Waals surface area contributed by atoms with Gasteiger partial charge in [0.1, 0.15) is 12.5 Å². The molecule has 0 saturated carbocycles. The van der Waals surface area contributed by atoms with Gasteiger partial charge < -0.3 is 17.7 Å². The number of halogens is 2. The first-order valence-electron chi connectivity index (χ1n) is 8.27. The second-order valence-electron chi connectivity index (χ2n) is 7.84. The predicted octanol–water partition coefficient (Wildman–Crippen LogP) is 5.22. The van der Waals surface area contributed by atoms with E-state index in [4.69, 9.17) is 17.7 Å². The average Bonchev–Trinajstić information content (AvgIpc) is 2.49. The van der Waals surface area contributed by atoms with Crippen LogP contribution in [0.1, 0.15) is 13.8 Å². The average molecular weight is 658 g/mol. The van der Waals surface area contributed by atoms with E-state index in [0.29, 0.717) is 11.1 Å². The summed E-state index contributed by atoms with van der Waals surface area (Å²) in [6.45, 7) is 22.2. The molecule has 0 unspecified atom stereocenters. The molecule has 0 spiro atoms. The highest BCUT2D eigenvalue weighted by Crippen LogP contribution is 2.21. The summed E-state index contributed by atoms with van der Waals surface area (Å²) in [6, 6.07) is 0. The molecule has 0 fully saturated rings. The Bertz CT molecular complexity index is 504. The van der Waals surface area contributed by atoms with Gasteiger partial charge in [0.25, 0.3) is 0 Å². The van der Waals surface area contributed by atoms with Crippen molar-refractivity contribution in [2.75, 3.05) is 12.5 Å². The molecule has 0 aliphatic carbocycles. The van der Waals surface area contributed by atoms with Crippen molar-refractivity contribution in [1.82, 2.24) is 0 Å². The van der Waals surface area contributed by atoms with Gasteiger partial charge in [-0.3, -0.25) is 0 Å². The van der Waals surface area contributed by atoms with E-state index in [-0.39, 0.29) is 12.5 Å². The van der Waals surface area contributed by atoms with Crippen LogP contribution in [0.15, 0.2) is 24.3 Å². The van der Waals surface area contributed by atoms with Crippen molar-refractivity contribution < 1.29 is 27.3 Å². The van der Waals surface area contributed by atoms with Crippen LogP contribution in [0.4, 0.5) is 0 Å². The topological polar surface area (TPSA) is 71.1 Å². The maximum absolute atomic E-state index is 11.6. The minimum atomic E-state index is -2.48. The fraction of sp³-hybridized carbons (Fsp3) is 0.625. The third-order valence-electron chi connectivity index (χ3n) is 2.84. The van der Waals surface area contributed by atoms with E-state index in [9.17, 15) is 9.59 Å². The lowest BCUT2D eigenvalue weighted by Crippen LogP contribution is -2.55. The number of carbonyl (C=O) groups is 2. The Balaban J connectivity index is 0. The fourth-order valence-electron chi connectivity index (χ4n) is 2.14. The van der Waals surface area contributed by atoms with Gasteiger partial charge >= 0.3 is 20.5 Å². The molecule has 0 radical (unpaired) electrons. The zero-order chi connectivity index (χ0) is 22.1. The summed E-state index contributed by atoms with van der Waals surface area (Å²) >= 11 is 4.24. The highest BCUT2D eigenvalue weighted by atomic mass is 128. The number of carbonyl (C=O) groups excluding carboxylic acids is 2. The molecular weight excluding hydrogens is 626 g/mol. The predicted molar refractivity (Wildman–Crippen MR) is 134 cm³/mol. The maximum Gasteiger partial charge on any atom is 0.332 e. The van der Waals surface area contributed by atoms with Crippen LogP contribution in [-0.2, 0) is 27.3 Å². The molecule has 0 aliphatic rings. The van der Waals surface area contributed by atoms with Crippen LogP contribution in [0, 0.1) is 0 Å². The van der Waals surface area contributed by atoms with Gasteiger partial charge in [0.15, 0.2) is 0 Å². The lowest BCUT2D eigenvalue weighted by atomic mass is 10.4. The van der Waals surface area contributed by atoms with Crippen molar-refractivity contribution in [3.63, 3.8) is 0 Å². The quantitative estimate of drug-likeness (QED) is 0.139. The molecule has 11 heteroatoms. The minimum absolute atomic E-state index is 0.241. The molecule has 0 rings (SSSR count). The van der Waals surface area contributed by atoms with Crippen molar-refractivity contribution in [3.05, 3.63) is 24.3 Å². The molecule has 0 saturated heterocycles. The van der Waals surface area contributed by atoms with Gasteiger partial charge in [-0.15, -0.1) is 0 Å². The molecule has 0 N–H and O–H groups in total. The monoisotopic (exact) mass is 658 g/mol. The normalized spacial score (nSPS) is 11.8. The van der Waals surface area contributed by atoms with Crippen LogP contribution >= 0.6 is 37.2 Å². The van der Waals surface area contributed by atoms with Crippen LogP contribution < -0.4 is 0 Å². The molecule has 0 heterocycles. The van der Waals surface area contributed by atoms with E-state index >= 15 is 0 Å². The second kappa shape index (κ2) is 12.9. The van der Waals surface area contributed by atoms with Gasteiger partial charge in [-0.25, -0.2) is 9.59 Å². The summed E-state index contributed by atoms with van der Waals surface area (Å²) in [5.74, 6) is -0.822. The summed E-state index contributed by atoms with van der Waals surface area (Å²) in [5, 5.41) is 0. The number of hydrogen-bond acceptors (Lipinski definition) is 6. The van der Waals surface area contributed by atoms with Gasteiger partial charge in [0.05, 0.1) is 0 Å². The van der Waals surface area contributed by atoms with E-state index < -0.39 is 37.1 Å². The van der Waals surface area contributed by atoms with Crippen molar-refractivity contribution in [1.29, 1.82) is 0 Å². The summed E-state index contributed by atoms with van der Waals surface area (Å²) in [6.07, 6.45) is 0.482. The van der Waals surface area contributed by atoms with Gasteiger partial charge in [0.2, 0.25) is 16.6 Å². The van der Waals surface area contributed by atoms with E-state index in [1.807, 2.05) is 39.3 Å². The number of ether oxygens (including phenoxy) is 2. The zero-order valence-corrected chi connectivity index (χ0v) is 24.8. The fourth-order valence-corrected chi connectivity index (χ4v) is 14.8. The number of hydrogen-bond donors (Lipinski definition) is 0. The van der Waals surface area contributed by atoms with Gasteiger partial charge in [-0.2, -0.15) is 0 Å². The first-order chi connectivity index (χ1) is 12.1. The Morgan fingerprint density at radius 3 is 1.22 bits per heavy atom. The van der Waals surface area contributed by atoms with Gasteiger partial charge in [-0.05, 0) is 53.1 Å². The largest absolute Gasteiger partial charge is 0.463 e. The van der Waals surface area contributed by atoms with Crippen LogP contribution in [0.25, 0.3) is 0 Å². The number of esters is 2. The third-order valence-corrected chi connectivity index (χ3v) is 12.9. The first kappa shape index (κ1) is 29.7. The molecule has 0 bridgehead atoms. The van der Waals surface area contributed by atoms with Crippen LogP contribution in [-0.4, -0.2) is 49.6 Å². The lowest BCUT2D eigenvalue weighted by Gasteiger charge is -2.38. The standard InChI is InChI=1S/C16H32O6Si3.I2/c1-13(2)15(17)19-11-23(5,6)21-25(9,10)22-24(7,8)12-20-16(18)14(3)4;1-2/h1,3,11-12H2,2,4-10H3;. The van der Waals surface area contributed by atoms with Crippen LogP contribution in [0.3, 0.4) is 0 Å². The van der Waals surface area contributed by atoms with E-state index in [1.165, 1.54) is 0 Å². The SMILES string of the molecule is C=C(C)C(=O)OC[Si](C)(C)O[Si](C)(C)O[Si](C)(C)COC(=O)C(=C)C.II. The van der Waals surface area contributed by atoms with Crippen molar-refractivity contribution in [2.24, 2.45) is 0 Å². The van der Waals surface area contributed by atoms with E-state index in [1.54, 1.807) is 13.8 Å². The Morgan fingerprint density at radius 2 is 1.00 bits per heavy atom. The molecule has 0 aliphatic heterocycles.